The van der Waals surface area contributed by atoms with Gasteiger partial charge in [-0.15, -0.1) is 0 Å². The zero-order chi connectivity index (χ0) is 13.8. The minimum Gasteiger partial charge on any atom is -0.307 e. The normalized spacial score (nSPS) is 18.1. The minimum absolute atomic E-state index is 0.395. The quantitative estimate of drug-likeness (QED) is 0.934. The van der Waals surface area contributed by atoms with Crippen LogP contribution in [0.2, 0.25) is 0 Å². The molecule has 0 spiro atoms. The molecule has 0 saturated carbocycles. The number of nitrogens with one attached hydrogen (secondary N) is 1. The lowest BCUT2D eigenvalue weighted by molar-refractivity contribution is 0.431. The Balaban J connectivity index is 1.71. The predicted molar refractivity (Wildman–Crippen MR) is 85.5 cm³/mol. The maximum Gasteiger partial charge on any atom is 0.0991 e. The molecule has 1 aromatic heterocycles. The van der Waals surface area contributed by atoms with E-state index >= 15 is 0 Å². The lowest BCUT2D eigenvalue weighted by Crippen LogP contribution is -2.34. The summed E-state index contributed by atoms with van der Waals surface area (Å²) in [6.07, 6.45) is 8.21. The zero-order valence-corrected chi connectivity index (χ0v) is 12.6. The summed E-state index contributed by atoms with van der Waals surface area (Å²) >= 11 is 2.07. The highest BCUT2D eigenvalue weighted by molar-refractivity contribution is 7.99. The highest BCUT2D eigenvalue weighted by atomic mass is 32.2. The van der Waals surface area contributed by atoms with Crippen LogP contribution in [0, 0.1) is 0 Å². The average Bonchev–Trinajstić information content (AvgIpc) is 3.03. The Morgan fingerprint density at radius 3 is 2.95 bits per heavy atom. The summed E-state index contributed by atoms with van der Waals surface area (Å²) in [5.74, 6) is 2.58. The summed E-state index contributed by atoms with van der Waals surface area (Å²) < 4.78 is 2.05. The molecule has 1 N–H and O–H groups in total. The molecule has 0 aliphatic carbocycles. The molecule has 2 heterocycles. The molecule has 20 heavy (non-hydrogen) atoms. The molecule has 0 radical (unpaired) electrons. The standard InChI is InChI=1S/C16H21N3S/c1-13(18-15-5-9-20-10-6-15)14-3-2-4-16(11-14)19-8-7-17-12-19/h2-4,7-8,11-13,15,18H,5-6,9-10H2,1H3/t13-/m0/s1. The van der Waals surface area contributed by atoms with Crippen LogP contribution in [-0.4, -0.2) is 27.1 Å². The van der Waals surface area contributed by atoms with Crippen LogP contribution in [0.5, 0.6) is 0 Å². The fourth-order valence-corrected chi connectivity index (χ4v) is 3.79. The van der Waals surface area contributed by atoms with E-state index in [0.29, 0.717) is 12.1 Å². The van der Waals surface area contributed by atoms with E-state index in [1.54, 1.807) is 0 Å². The molecule has 1 atom stereocenters. The number of aromatic nitrogens is 2. The van der Waals surface area contributed by atoms with E-state index in [9.17, 15) is 0 Å². The molecule has 1 aliphatic heterocycles. The largest absolute Gasteiger partial charge is 0.307 e. The average molecular weight is 287 g/mol. The van der Waals surface area contributed by atoms with Gasteiger partial charge in [-0.2, -0.15) is 11.8 Å². The molecule has 1 saturated heterocycles. The maximum absolute atomic E-state index is 4.11. The van der Waals surface area contributed by atoms with E-state index in [0.717, 1.165) is 0 Å². The van der Waals surface area contributed by atoms with Crippen molar-refractivity contribution in [3.63, 3.8) is 0 Å². The number of nitrogens with zero attached hydrogens (tertiary/aromatic N) is 2. The Morgan fingerprint density at radius 1 is 1.35 bits per heavy atom. The SMILES string of the molecule is C[C@H](NC1CCSCC1)c1cccc(-n2ccnc2)c1. The first kappa shape index (κ1) is 13.7. The topological polar surface area (TPSA) is 29.9 Å². The molecule has 0 bridgehead atoms. The molecule has 3 nitrogen and oxygen atoms in total. The van der Waals surface area contributed by atoms with Gasteiger partial charge >= 0.3 is 0 Å². The summed E-state index contributed by atoms with van der Waals surface area (Å²) in [4.78, 5) is 4.11. The monoisotopic (exact) mass is 287 g/mol. The summed E-state index contributed by atoms with van der Waals surface area (Å²) in [7, 11) is 0. The summed E-state index contributed by atoms with van der Waals surface area (Å²) in [6.45, 7) is 2.26. The molecular formula is C16H21N3S. The van der Waals surface area contributed by atoms with Crippen molar-refractivity contribution >= 4 is 11.8 Å². The summed E-state index contributed by atoms with van der Waals surface area (Å²) in [5.41, 5.74) is 2.52. The number of imidazole rings is 1. The highest BCUT2D eigenvalue weighted by Gasteiger charge is 2.16. The molecule has 3 rings (SSSR count). The fourth-order valence-electron chi connectivity index (χ4n) is 2.68. The molecule has 106 valence electrons. The van der Waals surface area contributed by atoms with Crippen molar-refractivity contribution in [1.29, 1.82) is 0 Å². The molecule has 2 aromatic rings. The van der Waals surface area contributed by atoms with Gasteiger partial charge in [0.05, 0.1) is 6.33 Å². The van der Waals surface area contributed by atoms with Gasteiger partial charge in [0.15, 0.2) is 0 Å². The Hall–Kier alpha value is -1.26. The summed E-state index contributed by atoms with van der Waals surface area (Å²) in [5, 5.41) is 3.77. The highest BCUT2D eigenvalue weighted by Crippen LogP contribution is 2.22. The molecule has 1 aromatic carbocycles. The molecule has 0 unspecified atom stereocenters. The third kappa shape index (κ3) is 3.25. The van der Waals surface area contributed by atoms with Crippen molar-refractivity contribution in [2.75, 3.05) is 11.5 Å². The number of hydrogen-bond donors (Lipinski definition) is 1. The molecule has 0 amide bonds. The van der Waals surface area contributed by atoms with Crippen molar-refractivity contribution in [2.45, 2.75) is 31.8 Å². The predicted octanol–water partition coefficient (Wildman–Crippen LogP) is 3.42. The third-order valence-electron chi connectivity index (χ3n) is 3.88. The van der Waals surface area contributed by atoms with E-state index in [1.165, 1.54) is 35.6 Å². The number of rotatable bonds is 4. The lowest BCUT2D eigenvalue weighted by Gasteiger charge is -2.26. The van der Waals surface area contributed by atoms with E-state index in [-0.39, 0.29) is 0 Å². The van der Waals surface area contributed by atoms with Gasteiger partial charge in [0.25, 0.3) is 0 Å². The second-order valence-corrected chi connectivity index (χ2v) is 6.56. The summed E-state index contributed by atoms with van der Waals surface area (Å²) in [6, 6.07) is 9.76. The van der Waals surface area contributed by atoms with Crippen molar-refractivity contribution in [3.8, 4) is 5.69 Å². The molecule has 4 heteroatoms. The second kappa shape index (κ2) is 6.46. The Bertz CT molecular complexity index is 532. The van der Waals surface area contributed by atoms with Crippen LogP contribution >= 0.6 is 11.8 Å². The van der Waals surface area contributed by atoms with Crippen LogP contribution in [-0.2, 0) is 0 Å². The first-order valence-electron chi connectivity index (χ1n) is 7.25. The number of hydrogen-bond acceptors (Lipinski definition) is 3. The lowest BCUT2D eigenvalue weighted by atomic mass is 10.0. The third-order valence-corrected chi connectivity index (χ3v) is 4.93. The van der Waals surface area contributed by atoms with Crippen molar-refractivity contribution in [3.05, 3.63) is 48.5 Å². The fraction of sp³-hybridized carbons (Fsp3) is 0.438. The van der Waals surface area contributed by atoms with Gasteiger partial charge in [0.2, 0.25) is 0 Å². The Labute approximate surface area is 124 Å². The van der Waals surface area contributed by atoms with E-state index in [1.807, 2.05) is 23.3 Å². The van der Waals surface area contributed by atoms with Crippen LogP contribution in [0.15, 0.2) is 43.0 Å². The van der Waals surface area contributed by atoms with E-state index < -0.39 is 0 Å². The molecule has 1 fully saturated rings. The van der Waals surface area contributed by atoms with Gasteiger partial charge in [0, 0.05) is 30.2 Å². The number of benzene rings is 1. The number of thioether (sulfide) groups is 1. The minimum atomic E-state index is 0.395. The van der Waals surface area contributed by atoms with E-state index in [2.05, 4.69) is 53.3 Å². The molecule has 1 aliphatic rings. The maximum atomic E-state index is 4.11. The van der Waals surface area contributed by atoms with Crippen LogP contribution in [0.1, 0.15) is 31.4 Å². The van der Waals surface area contributed by atoms with Crippen LogP contribution in [0.4, 0.5) is 0 Å². The van der Waals surface area contributed by atoms with Gasteiger partial charge < -0.3 is 9.88 Å². The smallest absolute Gasteiger partial charge is 0.0991 e. The van der Waals surface area contributed by atoms with Crippen molar-refractivity contribution < 1.29 is 0 Å². The zero-order valence-electron chi connectivity index (χ0n) is 11.8. The van der Waals surface area contributed by atoms with Gasteiger partial charge in [-0.05, 0) is 49.0 Å². The first-order valence-corrected chi connectivity index (χ1v) is 8.40. The van der Waals surface area contributed by atoms with Gasteiger partial charge in [-0.1, -0.05) is 12.1 Å². The van der Waals surface area contributed by atoms with Gasteiger partial charge in [-0.25, -0.2) is 4.98 Å². The van der Waals surface area contributed by atoms with Crippen molar-refractivity contribution in [1.82, 2.24) is 14.9 Å². The first-order chi connectivity index (χ1) is 9.83. The van der Waals surface area contributed by atoms with Gasteiger partial charge in [0.1, 0.15) is 0 Å². The van der Waals surface area contributed by atoms with Crippen molar-refractivity contribution in [2.24, 2.45) is 0 Å². The van der Waals surface area contributed by atoms with Crippen LogP contribution in [0.25, 0.3) is 5.69 Å². The molecular weight excluding hydrogens is 266 g/mol. The van der Waals surface area contributed by atoms with Crippen LogP contribution < -0.4 is 5.32 Å². The second-order valence-electron chi connectivity index (χ2n) is 5.34. The van der Waals surface area contributed by atoms with Crippen LogP contribution in [0.3, 0.4) is 0 Å². The Morgan fingerprint density at radius 2 is 2.20 bits per heavy atom. The van der Waals surface area contributed by atoms with Gasteiger partial charge in [-0.3, -0.25) is 0 Å². The Kier molecular flexibility index (Phi) is 4.43. The van der Waals surface area contributed by atoms with E-state index in [4.69, 9.17) is 0 Å².